The molecule has 8 heteroatoms. The molecule has 2 rings (SSSR count). The second kappa shape index (κ2) is 6.23. The minimum Gasteiger partial charge on any atom is -0.478 e. The fourth-order valence-corrected chi connectivity index (χ4v) is 3.63. The van der Waals surface area contributed by atoms with Gasteiger partial charge in [-0.2, -0.15) is 0 Å². The first kappa shape index (κ1) is 15.5. The van der Waals surface area contributed by atoms with Crippen LogP contribution in [-0.4, -0.2) is 22.1 Å². The summed E-state index contributed by atoms with van der Waals surface area (Å²) in [7, 11) is 0. The Balaban J connectivity index is 2.03. The Hall–Kier alpha value is -1.93. The molecule has 1 unspecified atom stereocenters. The molecule has 0 spiro atoms. The zero-order valence-electron chi connectivity index (χ0n) is 11.8. The molecular weight excluding hydrogens is 310 g/mol. The number of anilines is 1. The number of thiazole rings is 1. The number of aromatic carboxylic acids is 1. The zero-order chi connectivity index (χ0) is 15.6. The third-order valence-corrected chi connectivity index (χ3v) is 4.89. The second-order valence-electron chi connectivity index (χ2n) is 4.47. The van der Waals surface area contributed by atoms with Gasteiger partial charge in [0.15, 0.2) is 0 Å². The Labute approximate surface area is 129 Å². The molecule has 3 N–H and O–H groups in total. The van der Waals surface area contributed by atoms with Crippen LogP contribution in [0.15, 0.2) is 11.4 Å². The number of hydrogen-bond acceptors (Lipinski definition) is 5. The first-order valence-electron chi connectivity index (χ1n) is 6.20. The van der Waals surface area contributed by atoms with Crippen LogP contribution in [0.2, 0.25) is 0 Å². The fourth-order valence-electron chi connectivity index (χ4n) is 1.92. The molecule has 0 radical (unpaired) electrons. The van der Waals surface area contributed by atoms with Crippen molar-refractivity contribution in [2.24, 2.45) is 0 Å². The predicted molar refractivity (Wildman–Crippen MR) is 83.4 cm³/mol. The predicted octanol–water partition coefficient (Wildman–Crippen LogP) is 3.40. The van der Waals surface area contributed by atoms with E-state index < -0.39 is 12.0 Å². The summed E-state index contributed by atoms with van der Waals surface area (Å²) in [6.07, 6.45) is 0. The quantitative estimate of drug-likeness (QED) is 0.803. The number of carboxylic acid groups (broad SMARTS) is 1. The van der Waals surface area contributed by atoms with Gasteiger partial charge in [0.25, 0.3) is 0 Å². The maximum atomic E-state index is 12.0. The third kappa shape index (κ3) is 3.59. The van der Waals surface area contributed by atoms with Crippen molar-refractivity contribution < 1.29 is 14.7 Å². The number of nitrogens with zero attached hydrogens (tertiary/aromatic N) is 1. The molecule has 0 aliphatic heterocycles. The summed E-state index contributed by atoms with van der Waals surface area (Å²) in [4.78, 5) is 28.3. The van der Waals surface area contributed by atoms with Crippen molar-refractivity contribution in [1.82, 2.24) is 10.3 Å². The lowest BCUT2D eigenvalue weighted by Gasteiger charge is -2.13. The summed E-state index contributed by atoms with van der Waals surface area (Å²) >= 11 is 2.71. The number of rotatable bonds is 4. The lowest BCUT2D eigenvalue weighted by molar-refractivity contribution is 0.0698. The average molecular weight is 325 g/mol. The number of urea groups is 1. The van der Waals surface area contributed by atoms with Crippen molar-refractivity contribution in [2.75, 3.05) is 5.32 Å². The van der Waals surface area contributed by atoms with Crippen LogP contribution in [-0.2, 0) is 0 Å². The van der Waals surface area contributed by atoms with Crippen LogP contribution < -0.4 is 10.6 Å². The summed E-state index contributed by atoms with van der Waals surface area (Å²) in [5, 5.41) is 17.2. The van der Waals surface area contributed by atoms with E-state index in [9.17, 15) is 9.59 Å². The number of aryl methyl sites for hydroxylation is 2. The van der Waals surface area contributed by atoms with Crippen LogP contribution in [0.25, 0.3) is 0 Å². The lowest BCUT2D eigenvalue weighted by Crippen LogP contribution is -2.31. The van der Waals surface area contributed by atoms with Crippen LogP contribution in [0.5, 0.6) is 0 Å². The number of thiophene rings is 1. The van der Waals surface area contributed by atoms with Crippen LogP contribution in [0.4, 0.5) is 9.80 Å². The highest BCUT2D eigenvalue weighted by Gasteiger charge is 2.18. The molecule has 1 atom stereocenters. The van der Waals surface area contributed by atoms with Crippen molar-refractivity contribution in [3.63, 3.8) is 0 Å². The molecular formula is C13H15N3O3S2. The van der Waals surface area contributed by atoms with E-state index in [1.165, 1.54) is 28.7 Å². The Morgan fingerprint density at radius 3 is 2.67 bits per heavy atom. The first-order valence-corrected chi connectivity index (χ1v) is 7.90. The summed E-state index contributed by atoms with van der Waals surface area (Å²) in [5.74, 6) is -1.06. The zero-order valence-corrected chi connectivity index (χ0v) is 13.4. The van der Waals surface area contributed by atoms with Gasteiger partial charge < -0.3 is 10.4 Å². The summed E-state index contributed by atoms with van der Waals surface area (Å²) in [5.41, 5.74) is 0.986. The Bertz CT molecular complexity index is 678. The molecule has 112 valence electrons. The van der Waals surface area contributed by atoms with Crippen LogP contribution in [0, 0.1) is 13.8 Å². The third-order valence-electron chi connectivity index (χ3n) is 2.80. The van der Waals surface area contributed by atoms with Crippen molar-refractivity contribution in [2.45, 2.75) is 26.8 Å². The SMILES string of the molecule is Cc1nc(C)c(C(C)NC(=O)Nc2sccc2C(=O)O)s1. The van der Waals surface area contributed by atoms with Gasteiger partial charge in [-0.3, -0.25) is 5.32 Å². The molecule has 0 aromatic carbocycles. The van der Waals surface area contributed by atoms with Gasteiger partial charge in [-0.15, -0.1) is 22.7 Å². The molecule has 0 bridgehead atoms. The van der Waals surface area contributed by atoms with Crippen LogP contribution in [0.1, 0.15) is 38.9 Å². The number of amides is 2. The van der Waals surface area contributed by atoms with E-state index in [2.05, 4.69) is 15.6 Å². The molecule has 21 heavy (non-hydrogen) atoms. The monoisotopic (exact) mass is 325 g/mol. The van der Waals surface area contributed by atoms with E-state index in [4.69, 9.17) is 5.11 Å². The van der Waals surface area contributed by atoms with Crippen LogP contribution in [0.3, 0.4) is 0 Å². The fraction of sp³-hybridized carbons (Fsp3) is 0.308. The largest absolute Gasteiger partial charge is 0.478 e. The number of carbonyl (C=O) groups excluding carboxylic acids is 1. The van der Waals surface area contributed by atoms with Crippen LogP contribution >= 0.6 is 22.7 Å². The highest BCUT2D eigenvalue weighted by molar-refractivity contribution is 7.14. The second-order valence-corrected chi connectivity index (χ2v) is 6.62. The molecule has 2 aromatic heterocycles. The van der Waals surface area contributed by atoms with Gasteiger partial charge in [-0.05, 0) is 32.2 Å². The van der Waals surface area contributed by atoms with Crippen molar-refractivity contribution >= 4 is 39.7 Å². The number of nitrogens with one attached hydrogen (secondary N) is 2. The van der Waals surface area contributed by atoms with Gasteiger partial charge in [0.05, 0.1) is 22.3 Å². The maximum Gasteiger partial charge on any atom is 0.338 e. The highest BCUT2D eigenvalue weighted by atomic mass is 32.1. The number of aromatic nitrogens is 1. The molecule has 2 amide bonds. The Morgan fingerprint density at radius 2 is 2.10 bits per heavy atom. The van der Waals surface area contributed by atoms with Crippen molar-refractivity contribution in [1.29, 1.82) is 0 Å². The Kier molecular flexibility index (Phi) is 4.59. The van der Waals surface area contributed by atoms with E-state index >= 15 is 0 Å². The van der Waals surface area contributed by atoms with Gasteiger partial charge >= 0.3 is 12.0 Å². The van der Waals surface area contributed by atoms with Crippen molar-refractivity contribution in [3.8, 4) is 0 Å². The van der Waals surface area contributed by atoms with E-state index in [-0.39, 0.29) is 11.6 Å². The van der Waals surface area contributed by atoms with E-state index in [0.29, 0.717) is 5.00 Å². The molecule has 0 fully saturated rings. The summed E-state index contributed by atoms with van der Waals surface area (Å²) in [6, 6.07) is 0.838. The number of carbonyl (C=O) groups is 2. The topological polar surface area (TPSA) is 91.3 Å². The standard InChI is InChI=1S/C13H15N3O3S2/c1-6-10(21-8(3)14-6)7(2)15-13(19)16-11-9(12(17)18)4-5-20-11/h4-5,7H,1-3H3,(H,17,18)(H2,15,16,19). The summed E-state index contributed by atoms with van der Waals surface area (Å²) in [6.45, 7) is 5.68. The van der Waals surface area contributed by atoms with Gasteiger partial charge in [-0.25, -0.2) is 14.6 Å². The molecule has 2 heterocycles. The van der Waals surface area contributed by atoms with E-state index in [0.717, 1.165) is 15.6 Å². The molecule has 0 aliphatic rings. The normalized spacial score (nSPS) is 12.0. The van der Waals surface area contributed by atoms with Crippen molar-refractivity contribution in [3.05, 3.63) is 32.6 Å². The molecule has 0 saturated heterocycles. The highest BCUT2D eigenvalue weighted by Crippen LogP contribution is 2.26. The minimum absolute atomic E-state index is 0.0904. The molecule has 2 aromatic rings. The molecule has 0 aliphatic carbocycles. The van der Waals surface area contributed by atoms with Gasteiger partial charge in [-0.1, -0.05) is 0 Å². The smallest absolute Gasteiger partial charge is 0.338 e. The van der Waals surface area contributed by atoms with Gasteiger partial charge in [0.2, 0.25) is 0 Å². The molecule has 6 nitrogen and oxygen atoms in total. The number of carboxylic acids is 1. The lowest BCUT2D eigenvalue weighted by atomic mass is 10.2. The molecule has 0 saturated carbocycles. The summed E-state index contributed by atoms with van der Waals surface area (Å²) < 4.78 is 0. The Morgan fingerprint density at radius 1 is 1.38 bits per heavy atom. The van der Waals surface area contributed by atoms with Gasteiger partial charge in [0, 0.05) is 4.88 Å². The minimum atomic E-state index is -1.06. The first-order chi connectivity index (χ1) is 9.88. The maximum absolute atomic E-state index is 12.0. The van der Waals surface area contributed by atoms with E-state index in [1.807, 2.05) is 20.8 Å². The van der Waals surface area contributed by atoms with Gasteiger partial charge in [0.1, 0.15) is 5.00 Å². The number of hydrogen-bond donors (Lipinski definition) is 3. The average Bonchev–Trinajstić information content (AvgIpc) is 2.95. The van der Waals surface area contributed by atoms with E-state index in [1.54, 1.807) is 5.38 Å².